The third-order valence-corrected chi connectivity index (χ3v) is 7.34. The summed E-state index contributed by atoms with van der Waals surface area (Å²) in [5.74, 6) is 7.38. The predicted octanol–water partition coefficient (Wildman–Crippen LogP) is 3.23. The van der Waals surface area contributed by atoms with E-state index in [1.807, 2.05) is 13.1 Å². The molecule has 1 saturated heterocycles. The highest BCUT2D eigenvalue weighted by atomic mass is 79.9. The summed E-state index contributed by atoms with van der Waals surface area (Å²) in [5, 5.41) is 0. The maximum Gasteiger partial charge on any atom is 0.333 e. The van der Waals surface area contributed by atoms with Crippen LogP contribution in [0.25, 0.3) is 6.08 Å². The summed E-state index contributed by atoms with van der Waals surface area (Å²) in [4.78, 5) is 41.3. The molecule has 0 aliphatic carbocycles. The monoisotopic (exact) mass is 595 g/mol. The van der Waals surface area contributed by atoms with E-state index < -0.39 is 17.8 Å². The molecule has 11 heteroatoms. The molecule has 2 aromatic rings. The molecule has 0 spiro atoms. The summed E-state index contributed by atoms with van der Waals surface area (Å²) < 4.78 is 23.7. The SMILES string of the molecule is COc1c2c(cc3c1[C@@H](C#CCOc1ccc(Br)cc1C=C1C(=O)N(C)C(=O)N(C)C1=O)N(C)CC3)OCO2. The van der Waals surface area contributed by atoms with Crippen molar-refractivity contribution >= 4 is 39.9 Å². The van der Waals surface area contributed by atoms with Gasteiger partial charge in [-0.3, -0.25) is 24.3 Å². The number of carbonyl (C=O) groups is 3. The first-order chi connectivity index (χ1) is 18.7. The summed E-state index contributed by atoms with van der Waals surface area (Å²) >= 11 is 3.42. The van der Waals surface area contributed by atoms with Gasteiger partial charge in [0.2, 0.25) is 12.5 Å². The first-order valence-electron chi connectivity index (χ1n) is 12.1. The molecule has 3 heterocycles. The van der Waals surface area contributed by atoms with E-state index in [9.17, 15) is 14.4 Å². The number of rotatable bonds is 4. The molecule has 202 valence electrons. The Morgan fingerprint density at radius 1 is 1.10 bits per heavy atom. The van der Waals surface area contributed by atoms with E-state index in [2.05, 4.69) is 32.7 Å². The minimum atomic E-state index is -0.682. The lowest BCUT2D eigenvalue weighted by molar-refractivity contribution is -0.134. The Morgan fingerprint density at radius 2 is 1.85 bits per heavy atom. The van der Waals surface area contributed by atoms with Crippen molar-refractivity contribution in [2.75, 3.05) is 48.2 Å². The van der Waals surface area contributed by atoms with Crippen LogP contribution in [0.5, 0.6) is 23.0 Å². The van der Waals surface area contributed by atoms with E-state index in [0.717, 1.165) is 38.4 Å². The molecule has 0 aromatic heterocycles. The number of urea groups is 1. The number of imide groups is 2. The molecule has 1 atom stereocenters. The summed E-state index contributed by atoms with van der Waals surface area (Å²) in [6.45, 7) is 1.03. The first-order valence-corrected chi connectivity index (χ1v) is 12.9. The molecular formula is C28H26BrN3O7. The van der Waals surface area contributed by atoms with Crippen molar-refractivity contribution in [3.8, 4) is 34.8 Å². The Kier molecular flexibility index (Phi) is 7.25. The molecule has 1 fully saturated rings. The maximum absolute atomic E-state index is 12.7. The van der Waals surface area contributed by atoms with Gasteiger partial charge in [-0.25, -0.2) is 4.79 Å². The Hall–Kier alpha value is -4.01. The van der Waals surface area contributed by atoms with Crippen molar-refractivity contribution in [3.05, 3.63) is 51.0 Å². The molecule has 3 aliphatic rings. The molecule has 0 unspecified atom stereocenters. The second-order valence-corrected chi connectivity index (χ2v) is 10.1. The normalized spacial score (nSPS) is 18.5. The highest BCUT2D eigenvalue weighted by Crippen LogP contribution is 2.49. The Morgan fingerprint density at radius 3 is 2.56 bits per heavy atom. The van der Waals surface area contributed by atoms with Gasteiger partial charge in [-0.15, -0.1) is 0 Å². The molecule has 4 amide bonds. The minimum Gasteiger partial charge on any atom is -0.492 e. The van der Waals surface area contributed by atoms with Gasteiger partial charge in [-0.1, -0.05) is 27.8 Å². The van der Waals surface area contributed by atoms with Gasteiger partial charge in [0.25, 0.3) is 11.8 Å². The van der Waals surface area contributed by atoms with Crippen molar-refractivity contribution in [1.29, 1.82) is 0 Å². The fraction of sp³-hybridized carbons (Fsp3) is 0.321. The van der Waals surface area contributed by atoms with Crippen LogP contribution in [0, 0.1) is 11.8 Å². The summed E-state index contributed by atoms with van der Waals surface area (Å²) in [6, 6.07) is 6.31. The Balaban J connectivity index is 1.40. The Bertz CT molecular complexity index is 1450. The number of amides is 4. The number of methoxy groups -OCH3 is 1. The van der Waals surface area contributed by atoms with Crippen LogP contribution in [-0.2, 0) is 16.0 Å². The number of carbonyl (C=O) groups excluding carboxylic acids is 3. The van der Waals surface area contributed by atoms with Crippen LogP contribution in [0.3, 0.4) is 0 Å². The lowest BCUT2D eigenvalue weighted by atomic mass is 9.91. The number of benzene rings is 2. The highest BCUT2D eigenvalue weighted by molar-refractivity contribution is 9.10. The molecule has 39 heavy (non-hydrogen) atoms. The molecule has 0 bridgehead atoms. The quantitative estimate of drug-likeness (QED) is 0.302. The number of nitrogens with zero attached hydrogens (tertiary/aromatic N) is 3. The number of hydrogen-bond donors (Lipinski definition) is 0. The van der Waals surface area contributed by atoms with E-state index in [1.54, 1.807) is 25.3 Å². The van der Waals surface area contributed by atoms with Gasteiger partial charge < -0.3 is 18.9 Å². The number of fused-ring (bicyclic) bond motifs is 2. The number of hydrogen-bond acceptors (Lipinski definition) is 8. The van der Waals surface area contributed by atoms with E-state index in [1.165, 1.54) is 20.2 Å². The van der Waals surface area contributed by atoms with Crippen molar-refractivity contribution < 1.29 is 33.3 Å². The van der Waals surface area contributed by atoms with Gasteiger partial charge in [-0.05, 0) is 49.4 Å². The van der Waals surface area contributed by atoms with Gasteiger partial charge in [0.15, 0.2) is 11.5 Å². The molecule has 5 rings (SSSR count). The zero-order valence-electron chi connectivity index (χ0n) is 21.9. The third kappa shape index (κ3) is 4.82. The number of barbiturate groups is 1. The van der Waals surface area contributed by atoms with E-state index >= 15 is 0 Å². The number of halogens is 1. The molecule has 10 nitrogen and oxygen atoms in total. The zero-order valence-corrected chi connectivity index (χ0v) is 23.5. The van der Waals surface area contributed by atoms with E-state index in [-0.39, 0.29) is 25.0 Å². The third-order valence-electron chi connectivity index (χ3n) is 6.85. The smallest absolute Gasteiger partial charge is 0.333 e. The fourth-order valence-electron chi connectivity index (χ4n) is 4.76. The van der Waals surface area contributed by atoms with Crippen LogP contribution >= 0.6 is 15.9 Å². The standard InChI is InChI=1S/C28H26BrN3O7/c1-30-10-9-16-14-22-24(39-15-38-22)25(36-4)23(16)20(30)6-5-11-37-21-8-7-18(29)12-17(21)13-19-26(33)31(2)28(35)32(3)27(19)34/h7-8,12-14,20H,9-11,15H2,1-4H3/t20-/m1/s1. The zero-order chi connectivity index (χ0) is 27.8. The molecule has 0 N–H and O–H groups in total. The van der Waals surface area contributed by atoms with Crippen molar-refractivity contribution in [3.63, 3.8) is 0 Å². The average Bonchev–Trinajstić information content (AvgIpc) is 3.40. The lowest BCUT2D eigenvalue weighted by Gasteiger charge is -2.32. The second kappa shape index (κ2) is 10.6. The topological polar surface area (TPSA) is 97.9 Å². The van der Waals surface area contributed by atoms with Gasteiger partial charge in [-0.2, -0.15) is 0 Å². The second-order valence-electron chi connectivity index (χ2n) is 9.21. The van der Waals surface area contributed by atoms with Crippen LogP contribution < -0.4 is 18.9 Å². The average molecular weight is 596 g/mol. The predicted molar refractivity (Wildman–Crippen MR) is 145 cm³/mol. The molecule has 3 aliphatic heterocycles. The van der Waals surface area contributed by atoms with Gasteiger partial charge >= 0.3 is 6.03 Å². The van der Waals surface area contributed by atoms with E-state index in [0.29, 0.717) is 28.6 Å². The van der Waals surface area contributed by atoms with Crippen molar-refractivity contribution in [1.82, 2.24) is 14.7 Å². The maximum atomic E-state index is 12.7. The first kappa shape index (κ1) is 26.6. The minimum absolute atomic E-state index is 0.0601. The fourth-order valence-corrected chi connectivity index (χ4v) is 5.14. The highest BCUT2D eigenvalue weighted by Gasteiger charge is 2.38. The number of ether oxygens (including phenoxy) is 4. The van der Waals surface area contributed by atoms with Gasteiger partial charge in [0, 0.05) is 36.2 Å². The van der Waals surface area contributed by atoms with E-state index in [4.69, 9.17) is 18.9 Å². The van der Waals surface area contributed by atoms with Gasteiger partial charge in [0.05, 0.1) is 7.11 Å². The Labute approximate surface area is 234 Å². The van der Waals surface area contributed by atoms with Crippen LogP contribution in [0.15, 0.2) is 34.3 Å². The van der Waals surface area contributed by atoms with Crippen LogP contribution in [0.2, 0.25) is 0 Å². The summed E-state index contributed by atoms with van der Waals surface area (Å²) in [5.41, 5.74) is 2.41. The molecular weight excluding hydrogens is 570 g/mol. The van der Waals surface area contributed by atoms with Crippen LogP contribution in [-0.4, -0.2) is 80.7 Å². The largest absolute Gasteiger partial charge is 0.492 e. The summed E-state index contributed by atoms with van der Waals surface area (Å²) in [7, 11) is 6.27. The van der Waals surface area contributed by atoms with Crippen molar-refractivity contribution in [2.24, 2.45) is 0 Å². The van der Waals surface area contributed by atoms with Crippen LogP contribution in [0.4, 0.5) is 4.79 Å². The molecule has 0 saturated carbocycles. The van der Waals surface area contributed by atoms with Crippen molar-refractivity contribution in [2.45, 2.75) is 12.5 Å². The molecule has 2 aromatic carbocycles. The lowest BCUT2D eigenvalue weighted by Crippen LogP contribution is -2.52. The number of likely N-dealkylation sites (N-methyl/N-ethyl adjacent to an activating group) is 3. The van der Waals surface area contributed by atoms with Gasteiger partial charge in [0.1, 0.15) is 24.0 Å². The summed E-state index contributed by atoms with van der Waals surface area (Å²) in [6.07, 6.45) is 2.26. The van der Waals surface area contributed by atoms with Crippen LogP contribution in [0.1, 0.15) is 22.7 Å². The molecule has 0 radical (unpaired) electrons.